The summed E-state index contributed by atoms with van der Waals surface area (Å²) < 4.78 is 49.4. The van der Waals surface area contributed by atoms with Crippen molar-refractivity contribution in [1.82, 2.24) is 0 Å². The molecule has 2 aromatic rings. The Kier molecular flexibility index (Phi) is 9.43. The monoisotopic (exact) mass is 460 g/mol. The molecule has 1 fully saturated rings. The van der Waals surface area contributed by atoms with Crippen molar-refractivity contribution in [3.63, 3.8) is 0 Å². The van der Waals surface area contributed by atoms with Crippen LogP contribution in [0.2, 0.25) is 0 Å². The van der Waals surface area contributed by atoms with Crippen molar-refractivity contribution in [3.05, 3.63) is 70.5 Å². The Morgan fingerprint density at radius 3 is 2.24 bits per heavy atom. The van der Waals surface area contributed by atoms with E-state index < -0.39 is 18.0 Å². The van der Waals surface area contributed by atoms with Crippen LogP contribution in [0.3, 0.4) is 0 Å². The number of rotatable bonds is 11. The molecule has 182 valence electrons. The van der Waals surface area contributed by atoms with E-state index in [0.717, 1.165) is 55.6 Å². The molecule has 3 rings (SSSR count). The van der Waals surface area contributed by atoms with Gasteiger partial charge in [0.15, 0.2) is 0 Å². The number of ether oxygens (including phenoxy) is 1. The molecule has 1 atom stereocenters. The van der Waals surface area contributed by atoms with Gasteiger partial charge in [0.25, 0.3) is 0 Å². The van der Waals surface area contributed by atoms with Gasteiger partial charge in [-0.3, -0.25) is 0 Å². The average Bonchev–Trinajstić information content (AvgIpc) is 2.80. The number of hydrogen-bond donors (Lipinski definition) is 0. The minimum absolute atomic E-state index is 0.161. The molecule has 0 bridgehead atoms. The molecule has 1 saturated carbocycles. The van der Waals surface area contributed by atoms with Gasteiger partial charge in [-0.25, -0.2) is 4.39 Å². The van der Waals surface area contributed by atoms with Gasteiger partial charge in [0.2, 0.25) is 0 Å². The molecule has 0 aliphatic heterocycles. The zero-order valence-corrected chi connectivity index (χ0v) is 20.4. The molecule has 33 heavy (non-hydrogen) atoms. The topological polar surface area (TPSA) is 9.23 Å². The number of benzene rings is 2. The fraction of sp³-hybridized carbons (Fsp3) is 0.586. The quantitative estimate of drug-likeness (QED) is 0.303. The highest BCUT2D eigenvalue weighted by Crippen LogP contribution is 2.40. The van der Waals surface area contributed by atoms with Gasteiger partial charge in [0.1, 0.15) is 5.82 Å². The standard InChI is InChI=1S/C29H39F3O/c1-4-6-7-9-23-12-19-27(28(30)20-23)21(3)33-29(31,32)26-17-15-25(16-18-26)24-13-10-22(8-5-2)11-14-24/h12,15-22,24H,4-11,13-14H2,1-3H3. The first-order chi connectivity index (χ1) is 15.8. The van der Waals surface area contributed by atoms with E-state index in [-0.39, 0.29) is 11.1 Å². The van der Waals surface area contributed by atoms with Crippen molar-refractivity contribution in [2.45, 2.75) is 103 Å². The van der Waals surface area contributed by atoms with Gasteiger partial charge < -0.3 is 4.74 Å². The van der Waals surface area contributed by atoms with Gasteiger partial charge in [0.05, 0.1) is 11.7 Å². The van der Waals surface area contributed by atoms with Crippen LogP contribution < -0.4 is 0 Å². The summed E-state index contributed by atoms with van der Waals surface area (Å²) in [4.78, 5) is 0. The van der Waals surface area contributed by atoms with Gasteiger partial charge in [-0.05, 0) is 74.5 Å². The third-order valence-electron chi connectivity index (χ3n) is 7.16. The van der Waals surface area contributed by atoms with Crippen molar-refractivity contribution >= 4 is 0 Å². The SMILES string of the molecule is CCCCCc1ccc(C(C)OC(F)(F)c2ccc(C3CCC(CCC)CC3)cc2)c(F)c1. The van der Waals surface area contributed by atoms with Crippen LogP contribution >= 0.6 is 0 Å². The lowest BCUT2D eigenvalue weighted by Gasteiger charge is -2.29. The lowest BCUT2D eigenvalue weighted by molar-refractivity contribution is -0.272. The summed E-state index contributed by atoms with van der Waals surface area (Å²) in [6, 6.07) is 11.4. The second-order valence-electron chi connectivity index (χ2n) is 9.72. The number of aryl methyl sites for hydroxylation is 1. The molecule has 4 heteroatoms. The van der Waals surface area contributed by atoms with E-state index in [1.165, 1.54) is 50.8 Å². The van der Waals surface area contributed by atoms with Crippen LogP contribution in [0.15, 0.2) is 42.5 Å². The summed E-state index contributed by atoms with van der Waals surface area (Å²) >= 11 is 0. The van der Waals surface area contributed by atoms with Crippen LogP contribution in [0, 0.1) is 11.7 Å². The lowest BCUT2D eigenvalue weighted by atomic mass is 9.77. The summed E-state index contributed by atoms with van der Waals surface area (Å²) in [6.07, 6.45) is 6.65. The van der Waals surface area contributed by atoms with E-state index in [4.69, 9.17) is 4.74 Å². The van der Waals surface area contributed by atoms with Crippen molar-refractivity contribution in [3.8, 4) is 0 Å². The third-order valence-corrected chi connectivity index (χ3v) is 7.16. The fourth-order valence-electron chi connectivity index (χ4n) is 5.13. The molecule has 0 saturated heterocycles. The summed E-state index contributed by atoms with van der Waals surface area (Å²) in [5, 5.41) is 0. The Hall–Kier alpha value is -1.81. The maximum atomic E-state index is 14.9. The highest BCUT2D eigenvalue weighted by atomic mass is 19.3. The Bertz CT molecular complexity index is 854. The first-order valence-electron chi connectivity index (χ1n) is 12.8. The lowest BCUT2D eigenvalue weighted by Crippen LogP contribution is -2.21. The predicted molar refractivity (Wildman–Crippen MR) is 129 cm³/mol. The molecule has 0 aromatic heterocycles. The minimum atomic E-state index is -3.48. The molecular formula is C29H39F3O. The molecular weight excluding hydrogens is 421 g/mol. The second-order valence-corrected chi connectivity index (χ2v) is 9.72. The van der Waals surface area contributed by atoms with Crippen LogP contribution in [0.25, 0.3) is 0 Å². The highest BCUT2D eigenvalue weighted by Gasteiger charge is 2.36. The summed E-state index contributed by atoms with van der Waals surface area (Å²) in [6.45, 7) is 5.83. The predicted octanol–water partition coefficient (Wildman–Crippen LogP) is 9.46. The van der Waals surface area contributed by atoms with Crippen LogP contribution in [0.1, 0.15) is 113 Å². The Morgan fingerprint density at radius 1 is 0.939 bits per heavy atom. The fourth-order valence-corrected chi connectivity index (χ4v) is 5.13. The molecule has 1 aliphatic carbocycles. The zero-order valence-electron chi connectivity index (χ0n) is 20.4. The minimum Gasteiger partial charge on any atom is -0.309 e. The molecule has 0 amide bonds. The molecule has 1 unspecified atom stereocenters. The van der Waals surface area contributed by atoms with E-state index in [9.17, 15) is 13.2 Å². The van der Waals surface area contributed by atoms with E-state index in [0.29, 0.717) is 5.92 Å². The third kappa shape index (κ3) is 7.09. The van der Waals surface area contributed by atoms with Gasteiger partial charge in [0, 0.05) is 5.56 Å². The molecule has 1 aliphatic rings. The average molecular weight is 461 g/mol. The number of hydrogen-bond acceptors (Lipinski definition) is 1. The number of halogens is 3. The Morgan fingerprint density at radius 2 is 1.64 bits per heavy atom. The molecule has 0 heterocycles. The number of alkyl halides is 2. The van der Waals surface area contributed by atoms with Gasteiger partial charge in [-0.15, -0.1) is 0 Å². The maximum absolute atomic E-state index is 14.9. The van der Waals surface area contributed by atoms with E-state index in [1.54, 1.807) is 6.07 Å². The first-order valence-corrected chi connectivity index (χ1v) is 12.8. The normalized spacial score (nSPS) is 20.1. The van der Waals surface area contributed by atoms with Crippen molar-refractivity contribution in [2.75, 3.05) is 0 Å². The Balaban J connectivity index is 1.60. The van der Waals surface area contributed by atoms with E-state index in [2.05, 4.69) is 13.8 Å². The van der Waals surface area contributed by atoms with Crippen molar-refractivity contribution in [2.24, 2.45) is 5.92 Å². The maximum Gasteiger partial charge on any atom is 0.383 e. The van der Waals surface area contributed by atoms with Crippen molar-refractivity contribution in [1.29, 1.82) is 0 Å². The van der Waals surface area contributed by atoms with Crippen LogP contribution in [-0.4, -0.2) is 0 Å². The summed E-state index contributed by atoms with van der Waals surface area (Å²) in [7, 11) is 0. The van der Waals surface area contributed by atoms with Gasteiger partial charge in [-0.2, -0.15) is 8.78 Å². The largest absolute Gasteiger partial charge is 0.383 e. The second kappa shape index (κ2) is 12.1. The molecule has 0 N–H and O–H groups in total. The number of unbranched alkanes of at least 4 members (excludes halogenated alkanes) is 2. The smallest absolute Gasteiger partial charge is 0.309 e. The van der Waals surface area contributed by atoms with Gasteiger partial charge >= 0.3 is 6.11 Å². The van der Waals surface area contributed by atoms with E-state index >= 15 is 0 Å². The van der Waals surface area contributed by atoms with Crippen LogP contribution in [0.5, 0.6) is 0 Å². The van der Waals surface area contributed by atoms with Gasteiger partial charge in [-0.1, -0.05) is 75.9 Å². The highest BCUT2D eigenvalue weighted by molar-refractivity contribution is 5.29. The molecule has 1 nitrogen and oxygen atoms in total. The molecule has 2 aromatic carbocycles. The Labute approximate surface area is 197 Å². The van der Waals surface area contributed by atoms with Crippen LogP contribution in [-0.2, 0) is 17.3 Å². The van der Waals surface area contributed by atoms with E-state index in [1.807, 2.05) is 18.2 Å². The summed E-state index contributed by atoms with van der Waals surface area (Å²) in [5.41, 5.74) is 1.99. The molecule has 0 spiro atoms. The summed E-state index contributed by atoms with van der Waals surface area (Å²) in [5.74, 6) is 0.780. The van der Waals surface area contributed by atoms with Crippen molar-refractivity contribution < 1.29 is 17.9 Å². The first kappa shape index (κ1) is 25.8. The van der Waals surface area contributed by atoms with Crippen LogP contribution in [0.4, 0.5) is 13.2 Å². The zero-order chi connectivity index (χ0) is 23.8. The molecule has 0 radical (unpaired) electrons.